The average Bonchev–Trinajstić information content (AvgIpc) is 2.65. The normalized spacial score (nSPS) is 14.3. The van der Waals surface area contributed by atoms with Crippen LogP contribution in [0.1, 0.15) is 42.4 Å². The molecule has 1 aromatic carbocycles. The van der Waals surface area contributed by atoms with Gasteiger partial charge in [-0.15, -0.1) is 0 Å². The molecule has 5 nitrogen and oxygen atoms in total. The first-order chi connectivity index (χ1) is 12.7. The molecule has 0 aliphatic carbocycles. The summed E-state index contributed by atoms with van der Waals surface area (Å²) in [7, 11) is 0. The highest BCUT2D eigenvalue weighted by Gasteiger charge is 2.24. The van der Waals surface area contributed by atoms with Crippen molar-refractivity contribution in [2.24, 2.45) is 0 Å². The maximum atomic E-state index is 9.48. The first-order valence-electron chi connectivity index (χ1n) is 9.69. The Hall–Kier alpha value is -1.98. The van der Waals surface area contributed by atoms with Gasteiger partial charge in [0.25, 0.3) is 0 Å². The van der Waals surface area contributed by atoms with Gasteiger partial charge >= 0.3 is 0 Å². The summed E-state index contributed by atoms with van der Waals surface area (Å²) in [5, 5.41) is 9.48. The van der Waals surface area contributed by atoms with Crippen LogP contribution in [0.25, 0.3) is 0 Å². The lowest BCUT2D eigenvalue weighted by Crippen LogP contribution is -2.35. The van der Waals surface area contributed by atoms with E-state index in [0.29, 0.717) is 6.54 Å². The van der Waals surface area contributed by atoms with Crippen LogP contribution in [-0.2, 0) is 19.5 Å². The minimum Gasteiger partial charge on any atom is -0.395 e. The van der Waals surface area contributed by atoms with E-state index in [1.54, 1.807) is 0 Å². The third-order valence-corrected chi connectivity index (χ3v) is 4.93. The summed E-state index contributed by atoms with van der Waals surface area (Å²) in [6.07, 6.45) is 3.21. The molecule has 0 bridgehead atoms. The van der Waals surface area contributed by atoms with Crippen molar-refractivity contribution in [3.8, 4) is 0 Å². The highest BCUT2D eigenvalue weighted by Crippen LogP contribution is 2.27. The molecule has 0 saturated carbocycles. The van der Waals surface area contributed by atoms with Crippen LogP contribution in [-0.4, -0.2) is 46.2 Å². The van der Waals surface area contributed by atoms with Gasteiger partial charge in [-0.2, -0.15) is 0 Å². The third-order valence-electron chi connectivity index (χ3n) is 4.93. The van der Waals surface area contributed by atoms with Gasteiger partial charge in [0.05, 0.1) is 12.3 Å². The lowest BCUT2D eigenvalue weighted by molar-refractivity contribution is 0.240. The lowest BCUT2D eigenvalue weighted by atomic mass is 10.0. The van der Waals surface area contributed by atoms with Crippen LogP contribution in [0.15, 0.2) is 30.3 Å². The van der Waals surface area contributed by atoms with E-state index in [2.05, 4.69) is 47.1 Å². The molecular weight excluding hydrogens is 324 g/mol. The molecule has 1 aliphatic heterocycles. The first kappa shape index (κ1) is 18.8. The molecule has 0 saturated heterocycles. The molecule has 1 aromatic heterocycles. The standard InChI is InChI=1S/C21H30N4O/c1-3-4-11-25(13-14-26)21-19-10-12-24(15-18-8-6-5-7-9-18)16-20(19)22-17(2)23-21/h5-9,26H,3-4,10-16H2,1-2H3. The second-order valence-corrected chi connectivity index (χ2v) is 7.03. The summed E-state index contributed by atoms with van der Waals surface area (Å²) in [6.45, 7) is 8.72. The van der Waals surface area contributed by atoms with E-state index in [0.717, 1.165) is 62.8 Å². The number of unbranched alkanes of at least 4 members (excludes halogenated alkanes) is 1. The predicted octanol–water partition coefficient (Wildman–Crippen LogP) is 2.94. The molecule has 0 fully saturated rings. The second kappa shape index (κ2) is 9.10. The Labute approximate surface area is 156 Å². The number of rotatable bonds is 8. The molecule has 2 heterocycles. The van der Waals surface area contributed by atoms with Gasteiger partial charge in [0.1, 0.15) is 11.6 Å². The number of hydrogen-bond donors (Lipinski definition) is 1. The van der Waals surface area contributed by atoms with Gasteiger partial charge in [0, 0.05) is 38.3 Å². The van der Waals surface area contributed by atoms with Crippen LogP contribution in [0.3, 0.4) is 0 Å². The third kappa shape index (κ3) is 4.59. The number of anilines is 1. The Balaban J connectivity index is 1.81. The fraction of sp³-hybridized carbons (Fsp3) is 0.524. The molecule has 0 unspecified atom stereocenters. The number of fused-ring (bicyclic) bond motifs is 1. The molecule has 3 rings (SSSR count). The number of aliphatic hydroxyl groups is 1. The maximum absolute atomic E-state index is 9.48. The van der Waals surface area contributed by atoms with Crippen molar-refractivity contribution in [2.75, 3.05) is 31.1 Å². The van der Waals surface area contributed by atoms with Crippen LogP contribution in [0.4, 0.5) is 5.82 Å². The highest BCUT2D eigenvalue weighted by molar-refractivity contribution is 5.50. The second-order valence-electron chi connectivity index (χ2n) is 7.03. The monoisotopic (exact) mass is 354 g/mol. The number of aromatic nitrogens is 2. The Morgan fingerprint density at radius 3 is 2.69 bits per heavy atom. The van der Waals surface area contributed by atoms with E-state index in [-0.39, 0.29) is 6.61 Å². The van der Waals surface area contributed by atoms with Crippen LogP contribution >= 0.6 is 0 Å². The molecule has 140 valence electrons. The van der Waals surface area contributed by atoms with E-state index in [9.17, 15) is 5.11 Å². The fourth-order valence-corrected chi connectivity index (χ4v) is 3.62. The SMILES string of the molecule is CCCCN(CCO)c1nc(C)nc2c1CCN(Cc1ccccc1)C2. The first-order valence-corrected chi connectivity index (χ1v) is 9.69. The molecule has 0 amide bonds. The van der Waals surface area contributed by atoms with E-state index in [1.807, 2.05) is 6.92 Å². The summed E-state index contributed by atoms with van der Waals surface area (Å²) < 4.78 is 0. The van der Waals surface area contributed by atoms with Crippen molar-refractivity contribution >= 4 is 5.82 Å². The largest absolute Gasteiger partial charge is 0.395 e. The summed E-state index contributed by atoms with van der Waals surface area (Å²) in [5.74, 6) is 1.86. The maximum Gasteiger partial charge on any atom is 0.135 e. The van der Waals surface area contributed by atoms with Crippen LogP contribution in [0.2, 0.25) is 0 Å². The van der Waals surface area contributed by atoms with Crippen LogP contribution in [0.5, 0.6) is 0 Å². The number of hydrogen-bond acceptors (Lipinski definition) is 5. The Morgan fingerprint density at radius 1 is 1.15 bits per heavy atom. The smallest absolute Gasteiger partial charge is 0.135 e. The topological polar surface area (TPSA) is 52.5 Å². The minimum atomic E-state index is 0.154. The lowest BCUT2D eigenvalue weighted by Gasteiger charge is -2.32. The molecular formula is C21H30N4O. The van der Waals surface area contributed by atoms with Crippen molar-refractivity contribution in [3.63, 3.8) is 0 Å². The molecule has 0 radical (unpaired) electrons. The zero-order valence-electron chi connectivity index (χ0n) is 16.0. The Bertz CT molecular complexity index is 705. The zero-order valence-corrected chi connectivity index (χ0v) is 16.0. The molecule has 5 heteroatoms. The van der Waals surface area contributed by atoms with Crippen LogP contribution in [0, 0.1) is 6.92 Å². The van der Waals surface area contributed by atoms with Gasteiger partial charge in [-0.05, 0) is 25.3 Å². The van der Waals surface area contributed by atoms with E-state index in [4.69, 9.17) is 9.97 Å². The van der Waals surface area contributed by atoms with E-state index < -0.39 is 0 Å². The average molecular weight is 354 g/mol. The Kier molecular flexibility index (Phi) is 6.58. The van der Waals surface area contributed by atoms with Crippen molar-refractivity contribution in [1.82, 2.24) is 14.9 Å². The molecule has 26 heavy (non-hydrogen) atoms. The highest BCUT2D eigenvalue weighted by atomic mass is 16.3. The summed E-state index contributed by atoms with van der Waals surface area (Å²) in [6, 6.07) is 10.6. The van der Waals surface area contributed by atoms with E-state index in [1.165, 1.54) is 11.1 Å². The summed E-state index contributed by atoms with van der Waals surface area (Å²) in [5.41, 5.74) is 3.75. The molecule has 2 aromatic rings. The quantitative estimate of drug-likeness (QED) is 0.790. The molecule has 0 atom stereocenters. The zero-order chi connectivity index (χ0) is 18.4. The van der Waals surface area contributed by atoms with Gasteiger partial charge in [-0.1, -0.05) is 43.7 Å². The predicted molar refractivity (Wildman–Crippen MR) is 105 cm³/mol. The Morgan fingerprint density at radius 2 is 1.96 bits per heavy atom. The van der Waals surface area contributed by atoms with Crippen molar-refractivity contribution in [2.45, 2.75) is 46.2 Å². The van der Waals surface area contributed by atoms with Crippen molar-refractivity contribution in [1.29, 1.82) is 0 Å². The van der Waals surface area contributed by atoms with Crippen molar-refractivity contribution in [3.05, 3.63) is 53.0 Å². The number of aryl methyl sites for hydroxylation is 1. The minimum absolute atomic E-state index is 0.154. The van der Waals surface area contributed by atoms with Gasteiger partial charge in [-0.25, -0.2) is 9.97 Å². The number of nitrogens with zero attached hydrogens (tertiary/aromatic N) is 4. The molecule has 1 aliphatic rings. The fourth-order valence-electron chi connectivity index (χ4n) is 3.62. The number of aliphatic hydroxyl groups excluding tert-OH is 1. The summed E-state index contributed by atoms with van der Waals surface area (Å²) in [4.78, 5) is 14.2. The van der Waals surface area contributed by atoms with Crippen molar-refractivity contribution < 1.29 is 5.11 Å². The van der Waals surface area contributed by atoms with Gasteiger partial charge in [0.2, 0.25) is 0 Å². The van der Waals surface area contributed by atoms with Crippen LogP contribution < -0.4 is 4.90 Å². The molecule has 1 N–H and O–H groups in total. The van der Waals surface area contributed by atoms with E-state index >= 15 is 0 Å². The van der Waals surface area contributed by atoms with Gasteiger partial charge < -0.3 is 10.0 Å². The summed E-state index contributed by atoms with van der Waals surface area (Å²) >= 11 is 0. The molecule has 0 spiro atoms. The van der Waals surface area contributed by atoms with Gasteiger partial charge in [0.15, 0.2) is 0 Å². The van der Waals surface area contributed by atoms with Gasteiger partial charge in [-0.3, -0.25) is 4.90 Å². The number of benzene rings is 1.